The minimum absolute atomic E-state index is 0.155. The number of ether oxygens (including phenoxy) is 2. The highest BCUT2D eigenvalue weighted by Crippen LogP contribution is 2.22. The highest BCUT2D eigenvalue weighted by molar-refractivity contribution is 5.93. The number of anilines is 1. The van der Waals surface area contributed by atoms with Crippen LogP contribution < -0.4 is 20.2 Å². The summed E-state index contributed by atoms with van der Waals surface area (Å²) in [5.41, 5.74) is 3.44. The van der Waals surface area contributed by atoms with Crippen molar-refractivity contribution in [2.75, 3.05) is 25.6 Å². The number of rotatable bonds is 8. The van der Waals surface area contributed by atoms with Crippen molar-refractivity contribution in [3.63, 3.8) is 0 Å². The molecular weight excluding hydrogens is 338 g/mol. The normalized spacial score (nSPS) is 10.4. The van der Waals surface area contributed by atoms with Gasteiger partial charge >= 0.3 is 0 Å². The topological polar surface area (TPSA) is 109 Å². The maximum atomic E-state index is 12.0. The van der Waals surface area contributed by atoms with Crippen LogP contribution in [0.25, 0.3) is 0 Å². The predicted molar refractivity (Wildman–Crippen MR) is 96.4 cm³/mol. The highest BCUT2D eigenvalue weighted by atomic mass is 16.5. The lowest BCUT2D eigenvalue weighted by molar-refractivity contribution is -0.123. The van der Waals surface area contributed by atoms with Crippen molar-refractivity contribution in [1.82, 2.24) is 5.43 Å². The number of aliphatic hydroxyl groups is 1. The monoisotopic (exact) mass is 357 g/mol. The zero-order valence-electron chi connectivity index (χ0n) is 14.1. The molecule has 8 heteroatoms. The summed E-state index contributed by atoms with van der Waals surface area (Å²) in [6.07, 6.45) is 1.42. The first kappa shape index (κ1) is 18.9. The SMILES string of the molecule is COc1ccccc1NC(=O)COc1ccc(/C=N\NC(=O)CO)cc1. The summed E-state index contributed by atoms with van der Waals surface area (Å²) in [7, 11) is 1.53. The van der Waals surface area contributed by atoms with Crippen LogP contribution in [0.5, 0.6) is 11.5 Å². The Morgan fingerprint density at radius 1 is 1.12 bits per heavy atom. The Kier molecular flexibility index (Phi) is 7.14. The van der Waals surface area contributed by atoms with Gasteiger partial charge in [-0.05, 0) is 42.0 Å². The third-order valence-electron chi connectivity index (χ3n) is 3.18. The number of hydrogen-bond acceptors (Lipinski definition) is 6. The molecule has 8 nitrogen and oxygen atoms in total. The summed E-state index contributed by atoms with van der Waals surface area (Å²) in [5.74, 6) is 0.170. The van der Waals surface area contributed by atoms with E-state index in [1.54, 1.807) is 42.5 Å². The van der Waals surface area contributed by atoms with Crippen molar-refractivity contribution >= 4 is 23.7 Å². The number of benzene rings is 2. The number of carbonyl (C=O) groups is 2. The fourth-order valence-corrected chi connectivity index (χ4v) is 1.95. The van der Waals surface area contributed by atoms with E-state index in [2.05, 4.69) is 15.8 Å². The van der Waals surface area contributed by atoms with Crippen molar-refractivity contribution < 1.29 is 24.2 Å². The number of hydrazone groups is 1. The smallest absolute Gasteiger partial charge is 0.265 e. The molecule has 0 unspecified atom stereocenters. The lowest BCUT2D eigenvalue weighted by Crippen LogP contribution is -2.20. The lowest BCUT2D eigenvalue weighted by atomic mass is 10.2. The molecule has 2 rings (SSSR count). The van der Waals surface area contributed by atoms with Gasteiger partial charge in [-0.1, -0.05) is 12.1 Å². The average Bonchev–Trinajstić information content (AvgIpc) is 2.67. The molecule has 0 atom stereocenters. The Balaban J connectivity index is 1.83. The highest BCUT2D eigenvalue weighted by Gasteiger charge is 2.07. The Morgan fingerprint density at radius 2 is 1.85 bits per heavy atom. The Hall–Kier alpha value is -3.39. The molecule has 26 heavy (non-hydrogen) atoms. The van der Waals surface area contributed by atoms with Crippen molar-refractivity contribution in [3.8, 4) is 11.5 Å². The Bertz CT molecular complexity index is 775. The Labute approximate surface area is 150 Å². The molecule has 0 saturated heterocycles. The predicted octanol–water partition coefficient (Wildman–Crippen LogP) is 1.16. The summed E-state index contributed by atoms with van der Waals surface area (Å²) in [6, 6.07) is 13.9. The van der Waals surface area contributed by atoms with Crippen molar-refractivity contribution in [3.05, 3.63) is 54.1 Å². The minimum atomic E-state index is -0.624. The first-order valence-corrected chi connectivity index (χ1v) is 7.71. The molecule has 0 bridgehead atoms. The third kappa shape index (κ3) is 5.91. The molecule has 3 N–H and O–H groups in total. The van der Waals surface area contributed by atoms with Gasteiger partial charge in [0.05, 0.1) is 19.0 Å². The number of para-hydroxylation sites is 2. The van der Waals surface area contributed by atoms with Gasteiger partial charge in [-0.25, -0.2) is 5.43 Å². The molecule has 0 radical (unpaired) electrons. The number of carbonyl (C=O) groups excluding carboxylic acids is 2. The van der Waals surface area contributed by atoms with E-state index in [1.807, 2.05) is 6.07 Å². The van der Waals surface area contributed by atoms with Gasteiger partial charge in [0.1, 0.15) is 18.1 Å². The zero-order valence-corrected chi connectivity index (χ0v) is 14.1. The van der Waals surface area contributed by atoms with Crippen LogP contribution in [0, 0.1) is 0 Å². The van der Waals surface area contributed by atoms with Crippen LogP contribution in [0.2, 0.25) is 0 Å². The number of amides is 2. The fraction of sp³-hybridized carbons (Fsp3) is 0.167. The number of hydrogen-bond donors (Lipinski definition) is 3. The van der Waals surface area contributed by atoms with Gasteiger partial charge in [0.25, 0.3) is 11.8 Å². The van der Waals surface area contributed by atoms with Gasteiger partial charge < -0.3 is 19.9 Å². The summed E-state index contributed by atoms with van der Waals surface area (Å²) in [5, 5.41) is 14.9. The molecule has 0 aliphatic rings. The van der Waals surface area contributed by atoms with E-state index in [0.717, 1.165) is 0 Å². The summed E-state index contributed by atoms with van der Waals surface area (Å²) < 4.78 is 10.6. The van der Waals surface area contributed by atoms with Gasteiger partial charge in [0.15, 0.2) is 6.61 Å². The second-order valence-corrected chi connectivity index (χ2v) is 5.06. The van der Waals surface area contributed by atoms with Gasteiger partial charge in [-0.15, -0.1) is 0 Å². The summed E-state index contributed by atoms with van der Waals surface area (Å²) in [4.78, 5) is 22.8. The number of aliphatic hydroxyl groups excluding tert-OH is 1. The molecule has 0 aliphatic heterocycles. The lowest BCUT2D eigenvalue weighted by Gasteiger charge is -2.10. The van der Waals surface area contributed by atoms with Gasteiger partial charge in [0, 0.05) is 0 Å². The van der Waals surface area contributed by atoms with Crippen LogP contribution in [0.3, 0.4) is 0 Å². The van der Waals surface area contributed by atoms with Gasteiger partial charge in [-0.3, -0.25) is 9.59 Å². The standard InChI is InChI=1S/C18H19N3O5/c1-25-16-5-3-2-4-15(16)20-18(24)12-26-14-8-6-13(7-9-14)10-19-21-17(23)11-22/h2-10,22H,11-12H2,1H3,(H,20,24)(H,21,23)/b19-10-. The van der Waals surface area contributed by atoms with E-state index in [9.17, 15) is 9.59 Å². The van der Waals surface area contributed by atoms with Crippen LogP contribution in [-0.2, 0) is 9.59 Å². The zero-order chi connectivity index (χ0) is 18.8. The van der Waals surface area contributed by atoms with E-state index in [-0.39, 0.29) is 12.5 Å². The average molecular weight is 357 g/mol. The van der Waals surface area contributed by atoms with Crippen molar-refractivity contribution in [2.24, 2.45) is 5.10 Å². The molecule has 0 saturated carbocycles. The number of nitrogens with one attached hydrogen (secondary N) is 2. The van der Waals surface area contributed by atoms with Crippen LogP contribution >= 0.6 is 0 Å². The quantitative estimate of drug-likeness (QED) is 0.485. The third-order valence-corrected chi connectivity index (χ3v) is 3.18. The van der Waals surface area contributed by atoms with Crippen molar-refractivity contribution in [1.29, 1.82) is 0 Å². The summed E-state index contributed by atoms with van der Waals surface area (Å²) >= 11 is 0. The maximum absolute atomic E-state index is 12.0. The molecule has 0 aromatic heterocycles. The number of nitrogens with zero attached hydrogens (tertiary/aromatic N) is 1. The van der Waals surface area contributed by atoms with Crippen LogP contribution in [-0.4, -0.2) is 43.5 Å². The number of methoxy groups -OCH3 is 1. The molecule has 0 fully saturated rings. The molecule has 2 aromatic rings. The van der Waals surface area contributed by atoms with Gasteiger partial charge in [-0.2, -0.15) is 5.10 Å². The maximum Gasteiger partial charge on any atom is 0.265 e. The van der Waals surface area contributed by atoms with E-state index < -0.39 is 12.5 Å². The Morgan fingerprint density at radius 3 is 2.54 bits per heavy atom. The molecule has 0 spiro atoms. The molecule has 2 amide bonds. The minimum Gasteiger partial charge on any atom is -0.495 e. The van der Waals surface area contributed by atoms with E-state index >= 15 is 0 Å². The summed E-state index contributed by atoms with van der Waals surface area (Å²) in [6.45, 7) is -0.779. The van der Waals surface area contributed by atoms with Crippen LogP contribution in [0.1, 0.15) is 5.56 Å². The molecule has 2 aromatic carbocycles. The first-order valence-electron chi connectivity index (χ1n) is 7.71. The van der Waals surface area contributed by atoms with Crippen molar-refractivity contribution in [2.45, 2.75) is 0 Å². The largest absolute Gasteiger partial charge is 0.495 e. The second-order valence-electron chi connectivity index (χ2n) is 5.06. The van der Waals surface area contributed by atoms with Gasteiger partial charge in [0.2, 0.25) is 0 Å². The molecule has 0 heterocycles. The van der Waals surface area contributed by atoms with Crippen LogP contribution in [0.4, 0.5) is 5.69 Å². The molecule has 136 valence electrons. The van der Waals surface area contributed by atoms with E-state index in [4.69, 9.17) is 14.6 Å². The second kappa shape index (κ2) is 9.80. The first-order chi connectivity index (χ1) is 12.6. The van der Waals surface area contributed by atoms with E-state index in [1.165, 1.54) is 13.3 Å². The molecule has 0 aliphatic carbocycles. The molecular formula is C18H19N3O5. The van der Waals surface area contributed by atoms with Crippen LogP contribution in [0.15, 0.2) is 53.6 Å². The fourth-order valence-electron chi connectivity index (χ4n) is 1.95. The van der Waals surface area contributed by atoms with E-state index in [0.29, 0.717) is 22.7 Å².